The number of hydrogen-bond acceptors (Lipinski definition) is 4. The van der Waals surface area contributed by atoms with Crippen LogP contribution in [0.25, 0.3) is 0 Å². The minimum Gasteiger partial charge on any atom is -0.481 e. The Bertz CT molecular complexity index is 602. The average molecular weight is 296 g/mol. The number of nitrogens with zero attached hydrogens (tertiary/aromatic N) is 2. The molecule has 1 aromatic carbocycles. The van der Waals surface area contributed by atoms with Crippen molar-refractivity contribution in [3.63, 3.8) is 0 Å². The molecule has 0 aromatic heterocycles. The van der Waals surface area contributed by atoms with Crippen LogP contribution in [0.3, 0.4) is 0 Å². The van der Waals surface area contributed by atoms with Crippen molar-refractivity contribution in [2.75, 3.05) is 13.1 Å². The zero-order valence-electron chi connectivity index (χ0n) is 11.1. The first-order valence-electron chi connectivity index (χ1n) is 6.09. The van der Waals surface area contributed by atoms with Gasteiger partial charge in [0.15, 0.2) is 0 Å². The SMILES string of the molecule is CCN(CCC#N)S(=O)(=O)c1ccc(CC(=O)O)cc1. The molecule has 0 radical (unpaired) electrons. The third-order valence-electron chi connectivity index (χ3n) is 2.74. The molecule has 1 rings (SSSR count). The lowest BCUT2D eigenvalue weighted by molar-refractivity contribution is -0.136. The Morgan fingerprint density at radius 2 is 1.95 bits per heavy atom. The normalized spacial score (nSPS) is 11.2. The highest BCUT2D eigenvalue weighted by atomic mass is 32.2. The standard InChI is InChI=1S/C13H16N2O4S/c1-2-15(9-3-8-14)20(18,19)12-6-4-11(5-7-12)10-13(16)17/h4-7H,2-3,9-10H2,1H3,(H,16,17). The van der Waals surface area contributed by atoms with Gasteiger partial charge >= 0.3 is 5.97 Å². The van der Waals surface area contributed by atoms with E-state index in [1.807, 2.05) is 6.07 Å². The molecule has 0 aliphatic carbocycles. The molecule has 0 bridgehead atoms. The molecule has 0 aliphatic rings. The molecule has 1 N–H and O–H groups in total. The third kappa shape index (κ3) is 4.05. The maximum absolute atomic E-state index is 12.3. The lowest BCUT2D eigenvalue weighted by Gasteiger charge is -2.19. The summed E-state index contributed by atoms with van der Waals surface area (Å²) in [5, 5.41) is 17.2. The van der Waals surface area contributed by atoms with E-state index in [0.717, 1.165) is 0 Å². The van der Waals surface area contributed by atoms with Crippen molar-refractivity contribution >= 4 is 16.0 Å². The largest absolute Gasteiger partial charge is 0.481 e. The summed E-state index contributed by atoms with van der Waals surface area (Å²) in [6, 6.07) is 7.67. The van der Waals surface area contributed by atoms with E-state index in [1.165, 1.54) is 28.6 Å². The molecule has 0 fully saturated rings. The van der Waals surface area contributed by atoms with Crippen LogP contribution >= 0.6 is 0 Å². The molecule has 20 heavy (non-hydrogen) atoms. The highest BCUT2D eigenvalue weighted by Crippen LogP contribution is 2.17. The Morgan fingerprint density at radius 1 is 1.35 bits per heavy atom. The summed E-state index contributed by atoms with van der Waals surface area (Å²) in [7, 11) is -3.63. The molecule has 0 saturated carbocycles. The van der Waals surface area contributed by atoms with Gasteiger partial charge in [-0.05, 0) is 17.7 Å². The van der Waals surface area contributed by atoms with Gasteiger partial charge in [0.1, 0.15) is 0 Å². The van der Waals surface area contributed by atoms with Crippen LogP contribution in [-0.2, 0) is 21.2 Å². The predicted octanol–water partition coefficient (Wildman–Crippen LogP) is 1.24. The van der Waals surface area contributed by atoms with E-state index in [4.69, 9.17) is 10.4 Å². The molecule has 6 nitrogen and oxygen atoms in total. The smallest absolute Gasteiger partial charge is 0.307 e. The average Bonchev–Trinajstić information content (AvgIpc) is 2.39. The van der Waals surface area contributed by atoms with Gasteiger partial charge in [0.2, 0.25) is 10.0 Å². The van der Waals surface area contributed by atoms with Crippen LogP contribution in [0.5, 0.6) is 0 Å². The predicted molar refractivity (Wildman–Crippen MR) is 72.4 cm³/mol. The second-order valence-corrected chi connectivity index (χ2v) is 6.06. The molecule has 0 spiro atoms. The number of hydrogen-bond donors (Lipinski definition) is 1. The summed E-state index contributed by atoms with van der Waals surface area (Å²) in [5.74, 6) is -0.968. The van der Waals surface area contributed by atoms with E-state index in [2.05, 4.69) is 0 Å². The maximum Gasteiger partial charge on any atom is 0.307 e. The van der Waals surface area contributed by atoms with Gasteiger partial charge in [-0.1, -0.05) is 19.1 Å². The van der Waals surface area contributed by atoms with E-state index in [0.29, 0.717) is 5.56 Å². The van der Waals surface area contributed by atoms with Crippen LogP contribution in [0.2, 0.25) is 0 Å². The third-order valence-corrected chi connectivity index (χ3v) is 4.73. The monoisotopic (exact) mass is 296 g/mol. The van der Waals surface area contributed by atoms with Gasteiger partial charge in [-0.25, -0.2) is 8.42 Å². The molecular weight excluding hydrogens is 280 g/mol. The molecular formula is C13H16N2O4S. The zero-order valence-corrected chi connectivity index (χ0v) is 11.9. The number of rotatable bonds is 7. The Labute approximate surface area is 118 Å². The van der Waals surface area contributed by atoms with Crippen molar-refractivity contribution in [3.8, 4) is 6.07 Å². The fourth-order valence-electron chi connectivity index (χ4n) is 1.73. The molecule has 0 heterocycles. The summed E-state index contributed by atoms with van der Waals surface area (Å²) in [6.07, 6.45) is -0.0174. The maximum atomic E-state index is 12.3. The van der Waals surface area contributed by atoms with Gasteiger partial charge in [-0.15, -0.1) is 0 Å². The Morgan fingerprint density at radius 3 is 2.40 bits per heavy atom. The van der Waals surface area contributed by atoms with Gasteiger partial charge < -0.3 is 5.11 Å². The van der Waals surface area contributed by atoms with Crippen LogP contribution in [0, 0.1) is 11.3 Å². The van der Waals surface area contributed by atoms with Crippen LogP contribution in [0.15, 0.2) is 29.2 Å². The summed E-state index contributed by atoms with van der Waals surface area (Å²) >= 11 is 0. The molecule has 0 saturated heterocycles. The van der Waals surface area contributed by atoms with Crippen molar-refractivity contribution in [1.82, 2.24) is 4.31 Å². The molecule has 108 valence electrons. The first-order chi connectivity index (χ1) is 9.41. The topological polar surface area (TPSA) is 98.5 Å². The van der Waals surface area contributed by atoms with Crippen LogP contribution in [0.4, 0.5) is 0 Å². The minimum absolute atomic E-state index is 0.103. The van der Waals surface area contributed by atoms with Crippen LogP contribution in [0.1, 0.15) is 18.9 Å². The number of carboxylic acid groups (broad SMARTS) is 1. The number of benzene rings is 1. The quantitative estimate of drug-likeness (QED) is 0.816. The second-order valence-electron chi connectivity index (χ2n) is 4.12. The number of carbonyl (C=O) groups is 1. The zero-order chi connectivity index (χ0) is 15.2. The van der Waals surface area contributed by atoms with Crippen molar-refractivity contribution in [3.05, 3.63) is 29.8 Å². The van der Waals surface area contributed by atoms with Gasteiger partial charge in [-0.2, -0.15) is 9.57 Å². The summed E-state index contributed by atoms with van der Waals surface area (Å²) in [6.45, 7) is 2.13. The van der Waals surface area contributed by atoms with E-state index in [9.17, 15) is 13.2 Å². The van der Waals surface area contributed by atoms with Gasteiger partial charge in [0, 0.05) is 19.5 Å². The number of carboxylic acids is 1. The van der Waals surface area contributed by atoms with E-state index >= 15 is 0 Å². The number of nitriles is 1. The molecule has 7 heteroatoms. The molecule has 0 aliphatic heterocycles. The van der Waals surface area contributed by atoms with Gasteiger partial charge in [0.25, 0.3) is 0 Å². The Hall–Kier alpha value is -1.91. The van der Waals surface area contributed by atoms with E-state index in [-0.39, 0.29) is 30.8 Å². The molecule has 0 unspecified atom stereocenters. The molecule has 0 amide bonds. The lowest BCUT2D eigenvalue weighted by atomic mass is 10.2. The molecule has 0 atom stereocenters. The fourth-order valence-corrected chi connectivity index (χ4v) is 3.18. The second kappa shape index (κ2) is 7.03. The van der Waals surface area contributed by atoms with Crippen molar-refractivity contribution in [2.45, 2.75) is 24.7 Å². The molecule has 1 aromatic rings. The van der Waals surface area contributed by atoms with Crippen LogP contribution < -0.4 is 0 Å². The Balaban J connectivity index is 2.97. The first kappa shape index (κ1) is 16.1. The summed E-state index contributed by atoms with van der Waals surface area (Å²) < 4.78 is 25.8. The Kier molecular flexibility index (Phi) is 5.67. The summed E-state index contributed by atoms with van der Waals surface area (Å²) in [4.78, 5) is 10.7. The fraction of sp³-hybridized carbons (Fsp3) is 0.385. The van der Waals surface area contributed by atoms with Gasteiger partial charge in [0.05, 0.1) is 17.4 Å². The lowest BCUT2D eigenvalue weighted by Crippen LogP contribution is -2.31. The van der Waals surface area contributed by atoms with E-state index in [1.54, 1.807) is 6.92 Å². The van der Waals surface area contributed by atoms with Crippen LogP contribution in [-0.4, -0.2) is 36.9 Å². The number of aliphatic carboxylic acids is 1. The highest BCUT2D eigenvalue weighted by Gasteiger charge is 2.22. The van der Waals surface area contributed by atoms with Gasteiger partial charge in [-0.3, -0.25) is 4.79 Å². The van der Waals surface area contributed by atoms with E-state index < -0.39 is 16.0 Å². The van der Waals surface area contributed by atoms with Crippen molar-refractivity contribution in [1.29, 1.82) is 5.26 Å². The van der Waals surface area contributed by atoms with Crippen molar-refractivity contribution < 1.29 is 18.3 Å². The number of sulfonamides is 1. The summed E-state index contributed by atoms with van der Waals surface area (Å²) in [5.41, 5.74) is 0.538. The van der Waals surface area contributed by atoms with Crippen molar-refractivity contribution in [2.24, 2.45) is 0 Å². The first-order valence-corrected chi connectivity index (χ1v) is 7.53. The highest BCUT2D eigenvalue weighted by molar-refractivity contribution is 7.89. The minimum atomic E-state index is -3.63.